The Hall–Kier alpha value is -3.34. The molecule has 0 saturated heterocycles. The first-order valence-electron chi connectivity index (χ1n) is 13.5. The van der Waals surface area contributed by atoms with Crippen LogP contribution in [0.3, 0.4) is 0 Å². The molecular formula is C28H43N7O3. The Bertz CT molecular complexity index is 1020. The Morgan fingerprint density at radius 2 is 1.74 bits per heavy atom. The quantitative estimate of drug-likeness (QED) is 0.117. The molecule has 0 unspecified atom stereocenters. The maximum absolute atomic E-state index is 12.9. The fourth-order valence-corrected chi connectivity index (χ4v) is 4.57. The van der Waals surface area contributed by atoms with Crippen molar-refractivity contribution >= 4 is 28.9 Å². The van der Waals surface area contributed by atoms with E-state index in [4.69, 9.17) is 32.4 Å². The molecule has 10 heteroatoms. The average molecular weight is 526 g/mol. The van der Waals surface area contributed by atoms with Crippen LogP contribution in [0.1, 0.15) is 44.1 Å². The third-order valence-corrected chi connectivity index (χ3v) is 6.52. The van der Waals surface area contributed by atoms with Gasteiger partial charge >= 0.3 is 0 Å². The van der Waals surface area contributed by atoms with Crippen LogP contribution in [0.5, 0.6) is 5.75 Å². The van der Waals surface area contributed by atoms with Gasteiger partial charge in [0.2, 0.25) is 5.91 Å². The number of rotatable bonds is 15. The molecule has 1 fully saturated rings. The highest BCUT2D eigenvalue weighted by Gasteiger charge is 2.16. The number of ether oxygens (including phenoxy) is 2. The van der Waals surface area contributed by atoms with Gasteiger partial charge in [-0.2, -0.15) is 0 Å². The number of guanidine groups is 1. The van der Waals surface area contributed by atoms with Crippen molar-refractivity contribution in [3.8, 4) is 5.75 Å². The number of nitrogens with zero attached hydrogens (tertiary/aromatic N) is 1. The number of benzene rings is 2. The second-order valence-electron chi connectivity index (χ2n) is 9.72. The number of hydrogen-bond acceptors (Lipinski definition) is 7. The molecule has 0 heterocycles. The summed E-state index contributed by atoms with van der Waals surface area (Å²) in [6, 6.07) is 12.2. The molecule has 3 rings (SSSR count). The van der Waals surface area contributed by atoms with Crippen molar-refractivity contribution in [2.24, 2.45) is 33.8 Å². The number of aliphatic imine (C=N–C) groups is 1. The molecule has 1 aliphatic carbocycles. The van der Waals surface area contributed by atoms with Crippen LogP contribution in [0.25, 0.3) is 0 Å². The Kier molecular flexibility index (Phi) is 12.2. The lowest BCUT2D eigenvalue weighted by atomic mass is 9.87. The number of carbonyl (C=O) groups is 1. The molecule has 0 radical (unpaired) electrons. The fourth-order valence-electron chi connectivity index (χ4n) is 4.57. The molecule has 2 aromatic carbocycles. The van der Waals surface area contributed by atoms with E-state index in [0.717, 1.165) is 23.6 Å². The van der Waals surface area contributed by atoms with Gasteiger partial charge in [0.05, 0.1) is 31.5 Å². The third kappa shape index (κ3) is 10.6. The highest BCUT2D eigenvalue weighted by atomic mass is 16.5. The van der Waals surface area contributed by atoms with Crippen molar-refractivity contribution in [3.05, 3.63) is 48.0 Å². The smallest absolute Gasteiger partial charge is 0.241 e. The van der Waals surface area contributed by atoms with Gasteiger partial charge in [-0.05, 0) is 42.5 Å². The van der Waals surface area contributed by atoms with E-state index in [1.165, 1.54) is 32.1 Å². The number of amides is 1. The molecule has 10 N–H and O–H groups in total. The number of nitrogens with one attached hydrogen (secondary N) is 2. The van der Waals surface area contributed by atoms with Crippen LogP contribution in [0, 0.1) is 5.92 Å². The lowest BCUT2D eigenvalue weighted by Gasteiger charge is -2.21. The summed E-state index contributed by atoms with van der Waals surface area (Å²) in [5.41, 5.74) is 25.5. The molecule has 1 aliphatic rings. The molecular weight excluding hydrogens is 482 g/mol. The molecule has 0 aliphatic heterocycles. The van der Waals surface area contributed by atoms with E-state index >= 15 is 0 Å². The van der Waals surface area contributed by atoms with E-state index in [1.807, 2.05) is 30.3 Å². The monoisotopic (exact) mass is 525 g/mol. The minimum Gasteiger partial charge on any atom is -0.493 e. The molecule has 1 atom stereocenters. The summed E-state index contributed by atoms with van der Waals surface area (Å²) in [4.78, 5) is 16.9. The molecule has 0 bridgehead atoms. The predicted molar refractivity (Wildman–Crippen MR) is 154 cm³/mol. The van der Waals surface area contributed by atoms with Crippen molar-refractivity contribution < 1.29 is 14.3 Å². The van der Waals surface area contributed by atoms with Crippen LogP contribution < -0.4 is 38.3 Å². The molecule has 1 saturated carbocycles. The maximum Gasteiger partial charge on any atom is 0.241 e. The largest absolute Gasteiger partial charge is 0.493 e. The van der Waals surface area contributed by atoms with Crippen molar-refractivity contribution in [3.63, 3.8) is 0 Å². The van der Waals surface area contributed by atoms with Crippen molar-refractivity contribution in [1.29, 1.82) is 0 Å². The summed E-state index contributed by atoms with van der Waals surface area (Å²) < 4.78 is 11.6. The zero-order chi connectivity index (χ0) is 27.2. The Morgan fingerprint density at radius 3 is 2.45 bits per heavy atom. The van der Waals surface area contributed by atoms with Gasteiger partial charge in [-0.3, -0.25) is 4.79 Å². The van der Waals surface area contributed by atoms with Gasteiger partial charge in [0.15, 0.2) is 5.96 Å². The van der Waals surface area contributed by atoms with Gasteiger partial charge in [0, 0.05) is 36.6 Å². The van der Waals surface area contributed by atoms with Crippen LogP contribution in [0.4, 0.5) is 17.1 Å². The predicted octanol–water partition coefficient (Wildman–Crippen LogP) is 2.84. The SMILES string of the molecule is NCCOCCNc1cc(NC(=O)[C@@H](N)Cc2ccc(N=C(N)N)cc2)cc(OCCC2CCCCC2)c1. The maximum atomic E-state index is 12.9. The second kappa shape index (κ2) is 15.8. The summed E-state index contributed by atoms with van der Waals surface area (Å²) in [7, 11) is 0. The molecule has 0 aromatic heterocycles. The second-order valence-corrected chi connectivity index (χ2v) is 9.72. The minimum absolute atomic E-state index is 0.00836. The first kappa shape index (κ1) is 29.2. The van der Waals surface area contributed by atoms with E-state index in [1.54, 1.807) is 12.1 Å². The highest BCUT2D eigenvalue weighted by Crippen LogP contribution is 2.28. The Morgan fingerprint density at radius 1 is 1.00 bits per heavy atom. The zero-order valence-corrected chi connectivity index (χ0v) is 22.2. The lowest BCUT2D eigenvalue weighted by molar-refractivity contribution is -0.117. The van der Waals surface area contributed by atoms with E-state index in [-0.39, 0.29) is 11.9 Å². The number of carbonyl (C=O) groups excluding carboxylic acids is 1. The molecule has 10 nitrogen and oxygen atoms in total. The van der Waals surface area contributed by atoms with Crippen LogP contribution in [-0.4, -0.2) is 50.8 Å². The third-order valence-electron chi connectivity index (χ3n) is 6.52. The summed E-state index contributed by atoms with van der Waals surface area (Å²) >= 11 is 0. The van der Waals surface area contributed by atoms with E-state index in [2.05, 4.69) is 15.6 Å². The molecule has 38 heavy (non-hydrogen) atoms. The topological polar surface area (TPSA) is 176 Å². The van der Waals surface area contributed by atoms with Gasteiger partial charge in [-0.1, -0.05) is 44.2 Å². The van der Waals surface area contributed by atoms with Gasteiger partial charge in [0.25, 0.3) is 0 Å². The first-order valence-corrected chi connectivity index (χ1v) is 13.5. The zero-order valence-electron chi connectivity index (χ0n) is 22.2. The summed E-state index contributed by atoms with van der Waals surface area (Å²) in [6.45, 7) is 2.78. The van der Waals surface area contributed by atoms with Gasteiger partial charge in [0.1, 0.15) is 5.75 Å². The van der Waals surface area contributed by atoms with Crippen LogP contribution in [-0.2, 0) is 16.0 Å². The average Bonchev–Trinajstić information content (AvgIpc) is 2.90. The van der Waals surface area contributed by atoms with Gasteiger partial charge < -0.3 is 43.0 Å². The number of nitrogens with two attached hydrogens (primary N) is 4. The Labute approximate surface area is 225 Å². The fraction of sp³-hybridized carbons (Fsp3) is 0.500. The van der Waals surface area contributed by atoms with Crippen LogP contribution >= 0.6 is 0 Å². The molecule has 2 aromatic rings. The normalized spacial score (nSPS) is 14.5. The standard InChI is InChI=1S/C28H43N7O3/c29-11-14-37-15-12-33-23-17-24(19-25(18-23)38-13-10-20-4-2-1-3-5-20)34-27(36)26(30)16-21-6-8-22(9-7-21)35-28(31)32/h6-9,17-20,26,33H,1-5,10-16,29-30H2,(H,34,36)(H4,31,32,35)/t26-/m0/s1. The van der Waals surface area contributed by atoms with Gasteiger partial charge in [-0.15, -0.1) is 0 Å². The molecule has 208 valence electrons. The van der Waals surface area contributed by atoms with E-state index in [9.17, 15) is 4.79 Å². The summed E-state index contributed by atoms with van der Waals surface area (Å²) in [5.74, 6) is 1.14. The molecule has 0 spiro atoms. The van der Waals surface area contributed by atoms with Crippen molar-refractivity contribution in [2.45, 2.75) is 51.0 Å². The first-order chi connectivity index (χ1) is 18.4. The summed E-state index contributed by atoms with van der Waals surface area (Å²) in [5, 5.41) is 6.27. The van der Waals surface area contributed by atoms with Crippen molar-refractivity contribution in [2.75, 3.05) is 43.5 Å². The minimum atomic E-state index is -0.735. The Balaban J connectivity index is 1.60. The van der Waals surface area contributed by atoms with Crippen LogP contribution in [0.2, 0.25) is 0 Å². The summed E-state index contributed by atoms with van der Waals surface area (Å²) in [6.07, 6.45) is 7.94. The number of hydrogen-bond donors (Lipinski definition) is 6. The van der Waals surface area contributed by atoms with E-state index < -0.39 is 6.04 Å². The van der Waals surface area contributed by atoms with E-state index in [0.29, 0.717) is 56.5 Å². The lowest BCUT2D eigenvalue weighted by Crippen LogP contribution is -2.37. The highest BCUT2D eigenvalue weighted by molar-refractivity contribution is 5.95. The van der Waals surface area contributed by atoms with Crippen molar-refractivity contribution in [1.82, 2.24) is 0 Å². The molecule has 1 amide bonds. The number of anilines is 2. The van der Waals surface area contributed by atoms with Gasteiger partial charge in [-0.25, -0.2) is 4.99 Å². The van der Waals surface area contributed by atoms with Crippen LogP contribution in [0.15, 0.2) is 47.5 Å².